The summed E-state index contributed by atoms with van der Waals surface area (Å²) in [5, 5.41) is 9.48. The number of aliphatic hydroxyl groups is 1. The van der Waals surface area contributed by atoms with Crippen LogP contribution in [0.4, 0.5) is 0 Å². The Morgan fingerprint density at radius 3 is 2.20 bits per heavy atom. The van der Waals surface area contributed by atoms with E-state index < -0.39 is 0 Å². The summed E-state index contributed by atoms with van der Waals surface area (Å²) in [6.45, 7) is 3.78. The van der Waals surface area contributed by atoms with Crippen molar-refractivity contribution in [1.82, 2.24) is 0 Å². The van der Waals surface area contributed by atoms with E-state index in [4.69, 9.17) is 0 Å². The highest BCUT2D eigenvalue weighted by Crippen LogP contribution is 2.28. The average Bonchev–Trinajstić information content (AvgIpc) is 2.16. The molecule has 0 saturated heterocycles. The Hall–Kier alpha value is -1.12. The van der Waals surface area contributed by atoms with E-state index in [1.165, 1.54) is 0 Å². The molecule has 15 heavy (non-hydrogen) atoms. The van der Waals surface area contributed by atoms with E-state index in [0.29, 0.717) is 19.3 Å². The van der Waals surface area contributed by atoms with Crippen molar-refractivity contribution in [3.63, 3.8) is 0 Å². The first kappa shape index (κ1) is 12.0. The van der Waals surface area contributed by atoms with Gasteiger partial charge in [-0.1, -0.05) is 20.3 Å². The molecular weight excluding hydrogens is 192 g/mol. The molecule has 1 aliphatic carbocycles. The van der Waals surface area contributed by atoms with Crippen LogP contribution in [0.2, 0.25) is 0 Å². The lowest BCUT2D eigenvalue weighted by molar-refractivity contribution is -0.125. The third-order valence-corrected chi connectivity index (χ3v) is 2.83. The highest BCUT2D eigenvalue weighted by Gasteiger charge is 2.31. The quantitative estimate of drug-likeness (QED) is 0.442. The molecule has 1 rings (SSSR count). The Morgan fingerprint density at radius 1 is 1.27 bits per heavy atom. The number of hydrogen-bond donors (Lipinski definition) is 1. The zero-order valence-corrected chi connectivity index (χ0v) is 9.38. The molecule has 1 fully saturated rings. The number of allylic oxidation sites excluding steroid dienone is 2. The average molecular weight is 210 g/mol. The van der Waals surface area contributed by atoms with Crippen LogP contribution >= 0.6 is 0 Å². The predicted molar refractivity (Wildman–Crippen MR) is 57.6 cm³/mol. The van der Waals surface area contributed by atoms with Gasteiger partial charge in [-0.15, -0.1) is 0 Å². The maximum atomic E-state index is 11.7. The van der Waals surface area contributed by atoms with E-state index in [9.17, 15) is 14.7 Å². The van der Waals surface area contributed by atoms with Gasteiger partial charge in [0.15, 0.2) is 11.6 Å². The van der Waals surface area contributed by atoms with Gasteiger partial charge in [-0.05, 0) is 12.3 Å². The van der Waals surface area contributed by atoms with Gasteiger partial charge in [-0.2, -0.15) is 0 Å². The molecule has 0 aromatic heterocycles. The molecule has 0 bridgehead atoms. The van der Waals surface area contributed by atoms with Crippen molar-refractivity contribution in [2.45, 2.75) is 46.0 Å². The third-order valence-electron chi connectivity index (χ3n) is 2.83. The molecule has 1 N–H and O–H groups in total. The van der Waals surface area contributed by atoms with Crippen LogP contribution in [0.1, 0.15) is 46.0 Å². The van der Waals surface area contributed by atoms with Crippen LogP contribution < -0.4 is 0 Å². The van der Waals surface area contributed by atoms with Crippen LogP contribution in [0.3, 0.4) is 0 Å². The minimum atomic E-state index is -0.177. The van der Waals surface area contributed by atoms with Crippen LogP contribution in [-0.2, 0) is 9.59 Å². The van der Waals surface area contributed by atoms with Gasteiger partial charge in [0.25, 0.3) is 0 Å². The summed E-state index contributed by atoms with van der Waals surface area (Å²) in [6, 6.07) is 0. The summed E-state index contributed by atoms with van der Waals surface area (Å²) >= 11 is 0. The summed E-state index contributed by atoms with van der Waals surface area (Å²) < 4.78 is 0. The van der Waals surface area contributed by atoms with Crippen molar-refractivity contribution in [3.05, 3.63) is 11.3 Å². The highest BCUT2D eigenvalue weighted by atomic mass is 16.3. The van der Waals surface area contributed by atoms with E-state index in [-0.39, 0.29) is 28.8 Å². The zero-order chi connectivity index (χ0) is 11.4. The summed E-state index contributed by atoms with van der Waals surface area (Å²) in [7, 11) is 0. The Bertz CT molecular complexity index is 282. The van der Waals surface area contributed by atoms with Crippen molar-refractivity contribution in [2.75, 3.05) is 0 Å². The van der Waals surface area contributed by atoms with Gasteiger partial charge in [-0.25, -0.2) is 0 Å². The van der Waals surface area contributed by atoms with Crippen molar-refractivity contribution < 1.29 is 14.7 Å². The van der Waals surface area contributed by atoms with Gasteiger partial charge in [0.05, 0.1) is 5.57 Å². The van der Waals surface area contributed by atoms with Crippen molar-refractivity contribution in [1.29, 1.82) is 0 Å². The van der Waals surface area contributed by atoms with Crippen molar-refractivity contribution >= 4 is 11.6 Å². The van der Waals surface area contributed by atoms with E-state index in [1.807, 2.05) is 6.92 Å². The second-order valence-corrected chi connectivity index (χ2v) is 4.08. The molecular formula is C12H18O3. The Morgan fingerprint density at radius 2 is 1.80 bits per heavy atom. The first-order chi connectivity index (χ1) is 7.10. The molecule has 1 saturated carbocycles. The molecule has 0 aromatic rings. The molecule has 0 unspecified atom stereocenters. The fraction of sp³-hybridized carbons (Fsp3) is 0.667. The van der Waals surface area contributed by atoms with Gasteiger partial charge in [0.2, 0.25) is 0 Å². The van der Waals surface area contributed by atoms with Gasteiger partial charge in [-0.3, -0.25) is 9.59 Å². The lowest BCUT2D eigenvalue weighted by Crippen LogP contribution is -2.27. The number of rotatable bonds is 3. The van der Waals surface area contributed by atoms with Gasteiger partial charge < -0.3 is 5.11 Å². The highest BCUT2D eigenvalue weighted by molar-refractivity contribution is 6.22. The molecule has 0 atom stereocenters. The van der Waals surface area contributed by atoms with E-state index >= 15 is 0 Å². The van der Waals surface area contributed by atoms with Crippen LogP contribution in [0.5, 0.6) is 0 Å². The summed E-state index contributed by atoms with van der Waals surface area (Å²) in [5.74, 6) is -0.212. The predicted octanol–water partition coefficient (Wildman–Crippen LogP) is 2.56. The second kappa shape index (κ2) is 5.10. The van der Waals surface area contributed by atoms with Crippen molar-refractivity contribution in [3.8, 4) is 0 Å². The minimum Gasteiger partial charge on any atom is -0.511 e. The summed E-state index contributed by atoms with van der Waals surface area (Å²) in [4.78, 5) is 23.3. The number of carbonyl (C=O) groups excluding carboxylic acids is 2. The molecule has 0 spiro atoms. The topological polar surface area (TPSA) is 54.4 Å². The van der Waals surface area contributed by atoms with E-state index in [1.54, 1.807) is 6.92 Å². The van der Waals surface area contributed by atoms with Crippen LogP contribution in [-0.4, -0.2) is 16.7 Å². The number of carbonyl (C=O) groups is 2. The van der Waals surface area contributed by atoms with Crippen molar-refractivity contribution in [2.24, 2.45) is 5.92 Å². The molecule has 0 amide bonds. The Kier molecular flexibility index (Phi) is 4.06. The molecule has 0 aliphatic heterocycles. The molecule has 3 heteroatoms. The number of hydrogen-bond acceptors (Lipinski definition) is 3. The Labute approximate surface area is 90.2 Å². The number of ketones is 2. The Balaban J connectivity index is 2.83. The van der Waals surface area contributed by atoms with Gasteiger partial charge in [0, 0.05) is 19.3 Å². The minimum absolute atomic E-state index is 0.0417. The summed E-state index contributed by atoms with van der Waals surface area (Å²) in [6.07, 6.45) is 3.09. The standard InChI is InChI=1S/C12H18O3/c1-3-5-8-6-10(14)12(9(13)4-2)11(15)7-8/h8,13H,3-7H2,1-2H3. The third kappa shape index (κ3) is 2.67. The molecule has 1 aliphatic rings. The van der Waals surface area contributed by atoms with Crippen LogP contribution in [0.15, 0.2) is 11.3 Å². The molecule has 0 aromatic carbocycles. The molecule has 84 valence electrons. The van der Waals surface area contributed by atoms with E-state index in [2.05, 4.69) is 0 Å². The monoisotopic (exact) mass is 210 g/mol. The first-order valence-electron chi connectivity index (χ1n) is 5.58. The molecule has 0 heterocycles. The normalized spacial score (nSPS) is 22.0. The smallest absolute Gasteiger partial charge is 0.170 e. The largest absolute Gasteiger partial charge is 0.511 e. The molecule has 3 nitrogen and oxygen atoms in total. The zero-order valence-electron chi connectivity index (χ0n) is 9.38. The van der Waals surface area contributed by atoms with Crippen LogP contribution in [0, 0.1) is 5.92 Å². The fourth-order valence-corrected chi connectivity index (χ4v) is 2.07. The molecule has 0 radical (unpaired) electrons. The maximum absolute atomic E-state index is 11.7. The number of Topliss-reactive ketones (excluding diaryl/α,β-unsaturated/α-hetero) is 2. The lowest BCUT2D eigenvalue weighted by atomic mass is 9.81. The first-order valence-corrected chi connectivity index (χ1v) is 5.58. The van der Waals surface area contributed by atoms with Gasteiger partial charge >= 0.3 is 0 Å². The van der Waals surface area contributed by atoms with E-state index in [0.717, 1.165) is 12.8 Å². The number of aliphatic hydroxyl groups excluding tert-OH is 1. The van der Waals surface area contributed by atoms with Gasteiger partial charge in [0.1, 0.15) is 5.76 Å². The summed E-state index contributed by atoms with van der Waals surface area (Å²) in [5.41, 5.74) is 0.0600. The SMILES string of the molecule is CCCC1CC(=O)C(=C(O)CC)C(=O)C1. The maximum Gasteiger partial charge on any atom is 0.170 e. The fourth-order valence-electron chi connectivity index (χ4n) is 2.07. The second-order valence-electron chi connectivity index (χ2n) is 4.08. The lowest BCUT2D eigenvalue weighted by Gasteiger charge is -2.21. The van der Waals surface area contributed by atoms with Crippen LogP contribution in [0.25, 0.3) is 0 Å².